The van der Waals surface area contributed by atoms with Crippen LogP contribution in [0.5, 0.6) is 5.75 Å². The van der Waals surface area contributed by atoms with E-state index in [0.29, 0.717) is 0 Å². The molecule has 20 heavy (non-hydrogen) atoms. The van der Waals surface area contributed by atoms with Crippen LogP contribution in [0, 0.1) is 21.7 Å². The molecule has 0 aliphatic rings. The molecule has 0 atom stereocenters. The van der Waals surface area contributed by atoms with Crippen molar-refractivity contribution in [3.05, 3.63) is 68.7 Å². The molecule has 0 aliphatic heterocycles. The van der Waals surface area contributed by atoms with E-state index in [-0.39, 0.29) is 22.9 Å². The fraction of sp³-hybridized carbons (Fsp3) is 0.0769. The van der Waals surface area contributed by atoms with E-state index in [9.17, 15) is 18.9 Å². The molecule has 104 valence electrons. The summed E-state index contributed by atoms with van der Waals surface area (Å²) in [6.07, 6.45) is 0. The molecule has 4 nitrogen and oxygen atoms in total. The topological polar surface area (TPSA) is 52.4 Å². The minimum Gasteiger partial charge on any atom is -0.489 e. The molecule has 0 amide bonds. The van der Waals surface area contributed by atoms with Gasteiger partial charge in [-0.3, -0.25) is 10.1 Å². The number of nitro groups is 1. The molecule has 0 radical (unpaired) electrons. The maximum Gasteiger partial charge on any atom is 0.305 e. The Balaban J connectivity index is 2.17. The average molecular weight is 300 g/mol. The highest BCUT2D eigenvalue weighted by Crippen LogP contribution is 2.24. The standard InChI is InChI=1S/C13H8ClF2NO3/c14-10-5-4-9(6-11(10)15)20-7-8-2-1-3-12(13(8)16)17(18)19/h1-6H,7H2. The molecule has 0 aromatic heterocycles. The van der Waals surface area contributed by atoms with Crippen molar-refractivity contribution in [1.82, 2.24) is 0 Å². The molecule has 7 heteroatoms. The van der Waals surface area contributed by atoms with Crippen LogP contribution >= 0.6 is 11.6 Å². The number of hydrogen-bond donors (Lipinski definition) is 0. The summed E-state index contributed by atoms with van der Waals surface area (Å²) in [5.41, 5.74) is -0.622. The van der Waals surface area contributed by atoms with Crippen LogP contribution in [-0.2, 0) is 6.61 Å². The molecular weight excluding hydrogens is 292 g/mol. The fourth-order valence-corrected chi connectivity index (χ4v) is 1.66. The summed E-state index contributed by atoms with van der Waals surface area (Å²) in [4.78, 5) is 9.77. The number of rotatable bonds is 4. The highest BCUT2D eigenvalue weighted by molar-refractivity contribution is 6.30. The zero-order valence-electron chi connectivity index (χ0n) is 9.98. The van der Waals surface area contributed by atoms with Gasteiger partial charge < -0.3 is 4.74 Å². The van der Waals surface area contributed by atoms with Crippen LogP contribution < -0.4 is 4.74 Å². The van der Waals surface area contributed by atoms with E-state index in [2.05, 4.69) is 0 Å². The Hall–Kier alpha value is -2.21. The van der Waals surface area contributed by atoms with Gasteiger partial charge in [-0.15, -0.1) is 0 Å². The maximum absolute atomic E-state index is 13.8. The molecule has 0 saturated carbocycles. The number of hydrogen-bond acceptors (Lipinski definition) is 3. The summed E-state index contributed by atoms with van der Waals surface area (Å²) in [7, 11) is 0. The van der Waals surface area contributed by atoms with E-state index in [1.54, 1.807) is 0 Å². The lowest BCUT2D eigenvalue weighted by Gasteiger charge is -2.07. The van der Waals surface area contributed by atoms with Gasteiger partial charge in [-0.25, -0.2) is 4.39 Å². The molecule has 0 bridgehead atoms. The van der Waals surface area contributed by atoms with Crippen molar-refractivity contribution in [2.45, 2.75) is 6.61 Å². The van der Waals surface area contributed by atoms with Crippen molar-refractivity contribution in [1.29, 1.82) is 0 Å². The Kier molecular flexibility index (Phi) is 4.14. The third-order valence-electron chi connectivity index (χ3n) is 2.54. The normalized spacial score (nSPS) is 10.3. The van der Waals surface area contributed by atoms with Gasteiger partial charge >= 0.3 is 5.69 Å². The van der Waals surface area contributed by atoms with Crippen LogP contribution in [-0.4, -0.2) is 4.92 Å². The predicted octanol–water partition coefficient (Wildman–Crippen LogP) is 4.11. The molecule has 0 aliphatic carbocycles. The average Bonchev–Trinajstić information content (AvgIpc) is 2.41. The summed E-state index contributed by atoms with van der Waals surface area (Å²) < 4.78 is 32.1. The van der Waals surface area contributed by atoms with Gasteiger partial charge in [0.25, 0.3) is 0 Å². The van der Waals surface area contributed by atoms with Crippen molar-refractivity contribution in [2.75, 3.05) is 0 Å². The maximum atomic E-state index is 13.8. The van der Waals surface area contributed by atoms with Crippen LogP contribution in [0.25, 0.3) is 0 Å². The fourth-order valence-electron chi connectivity index (χ4n) is 1.55. The smallest absolute Gasteiger partial charge is 0.305 e. The summed E-state index contributed by atoms with van der Waals surface area (Å²) in [6, 6.07) is 7.53. The van der Waals surface area contributed by atoms with Crippen LogP contribution in [0.1, 0.15) is 5.56 Å². The number of ether oxygens (including phenoxy) is 1. The number of nitrogens with zero attached hydrogens (tertiary/aromatic N) is 1. The van der Waals surface area contributed by atoms with Crippen LogP contribution in [0.3, 0.4) is 0 Å². The number of halogens is 3. The van der Waals surface area contributed by atoms with E-state index in [1.165, 1.54) is 24.3 Å². The van der Waals surface area contributed by atoms with Gasteiger partial charge in [0.2, 0.25) is 5.82 Å². The second-order valence-corrected chi connectivity index (χ2v) is 4.28. The SMILES string of the molecule is O=[N+]([O-])c1cccc(COc2ccc(Cl)c(F)c2)c1F. The van der Waals surface area contributed by atoms with Crippen LogP contribution in [0.2, 0.25) is 5.02 Å². The highest BCUT2D eigenvalue weighted by atomic mass is 35.5. The first-order chi connectivity index (χ1) is 9.49. The van der Waals surface area contributed by atoms with Gasteiger partial charge in [0.15, 0.2) is 0 Å². The Bertz CT molecular complexity index is 664. The van der Waals surface area contributed by atoms with Gasteiger partial charge in [-0.1, -0.05) is 23.7 Å². The van der Waals surface area contributed by atoms with E-state index >= 15 is 0 Å². The predicted molar refractivity (Wildman–Crippen MR) is 68.8 cm³/mol. The van der Waals surface area contributed by atoms with Crippen molar-refractivity contribution >= 4 is 17.3 Å². The second kappa shape index (κ2) is 5.83. The van der Waals surface area contributed by atoms with E-state index in [1.807, 2.05) is 0 Å². The molecule has 0 fully saturated rings. The van der Waals surface area contributed by atoms with E-state index < -0.39 is 22.2 Å². The Morgan fingerprint density at radius 2 is 2.00 bits per heavy atom. The molecule has 2 aromatic carbocycles. The van der Waals surface area contributed by atoms with E-state index in [0.717, 1.165) is 12.1 Å². The Labute approximate surface area is 117 Å². The molecule has 2 aromatic rings. The number of nitro benzene ring substituents is 1. The third-order valence-corrected chi connectivity index (χ3v) is 2.85. The minimum atomic E-state index is -0.966. The minimum absolute atomic E-state index is 0.00885. The number of benzene rings is 2. The lowest BCUT2D eigenvalue weighted by atomic mass is 10.2. The third kappa shape index (κ3) is 3.03. The first kappa shape index (κ1) is 14.2. The first-order valence-electron chi connectivity index (χ1n) is 5.48. The van der Waals surface area contributed by atoms with Crippen LogP contribution in [0.4, 0.5) is 14.5 Å². The van der Waals surface area contributed by atoms with E-state index in [4.69, 9.17) is 16.3 Å². The molecule has 0 spiro atoms. The summed E-state index contributed by atoms with van der Waals surface area (Å²) >= 11 is 5.51. The lowest BCUT2D eigenvalue weighted by molar-refractivity contribution is -0.387. The van der Waals surface area contributed by atoms with Crippen LogP contribution in [0.15, 0.2) is 36.4 Å². The monoisotopic (exact) mass is 299 g/mol. The van der Waals surface area contributed by atoms with Crippen molar-refractivity contribution in [2.24, 2.45) is 0 Å². The zero-order valence-corrected chi connectivity index (χ0v) is 10.7. The summed E-state index contributed by atoms with van der Waals surface area (Å²) in [5, 5.41) is 10.5. The second-order valence-electron chi connectivity index (χ2n) is 3.87. The summed E-state index contributed by atoms with van der Waals surface area (Å²) in [6.45, 7) is -0.255. The zero-order chi connectivity index (χ0) is 14.7. The first-order valence-corrected chi connectivity index (χ1v) is 5.86. The highest BCUT2D eigenvalue weighted by Gasteiger charge is 2.17. The van der Waals surface area contributed by atoms with Gasteiger partial charge in [-0.05, 0) is 12.1 Å². The quantitative estimate of drug-likeness (QED) is 0.630. The Morgan fingerprint density at radius 1 is 1.25 bits per heavy atom. The molecule has 0 saturated heterocycles. The molecule has 2 rings (SSSR count). The van der Waals surface area contributed by atoms with Crippen molar-refractivity contribution < 1.29 is 18.4 Å². The van der Waals surface area contributed by atoms with Crippen molar-refractivity contribution in [3.63, 3.8) is 0 Å². The molecule has 0 unspecified atom stereocenters. The lowest BCUT2D eigenvalue weighted by Crippen LogP contribution is -2.02. The van der Waals surface area contributed by atoms with Gasteiger partial charge in [0.05, 0.1) is 9.95 Å². The molecular formula is C13H8ClF2NO3. The largest absolute Gasteiger partial charge is 0.489 e. The van der Waals surface area contributed by atoms with Gasteiger partial charge in [0, 0.05) is 17.7 Å². The Morgan fingerprint density at radius 3 is 2.65 bits per heavy atom. The van der Waals surface area contributed by atoms with Crippen molar-refractivity contribution in [3.8, 4) is 5.75 Å². The van der Waals surface area contributed by atoms with Gasteiger partial charge in [0.1, 0.15) is 18.2 Å². The summed E-state index contributed by atoms with van der Waals surface area (Å²) in [5.74, 6) is -1.48. The van der Waals surface area contributed by atoms with Gasteiger partial charge in [-0.2, -0.15) is 4.39 Å². The molecule has 0 N–H and O–H groups in total. The molecule has 0 heterocycles.